The number of nitrogens with zero attached hydrogens (tertiary/aromatic N) is 1. The molecule has 0 bridgehead atoms. The molecule has 134 valence electrons. The summed E-state index contributed by atoms with van der Waals surface area (Å²) in [6, 6.07) is 5.55. The number of hydrogen-bond acceptors (Lipinski definition) is 3. The molecular weight excluding hydrogens is 304 g/mol. The fourth-order valence-corrected chi connectivity index (χ4v) is 3.13. The summed E-state index contributed by atoms with van der Waals surface area (Å²) in [5.74, 6) is 1.01. The number of carbonyl (C=O) groups is 1. The average molecular weight is 334 g/mol. The molecule has 2 unspecified atom stereocenters. The quantitative estimate of drug-likeness (QED) is 0.832. The molecule has 24 heavy (non-hydrogen) atoms. The highest BCUT2D eigenvalue weighted by molar-refractivity contribution is 5.90. The second kappa shape index (κ2) is 8.92. The first-order valence-electron chi connectivity index (χ1n) is 8.95. The van der Waals surface area contributed by atoms with Crippen LogP contribution in [0.25, 0.3) is 0 Å². The highest BCUT2D eigenvalue weighted by Gasteiger charge is 2.25. The van der Waals surface area contributed by atoms with Gasteiger partial charge in [0.1, 0.15) is 5.75 Å². The van der Waals surface area contributed by atoms with Gasteiger partial charge in [-0.1, -0.05) is 19.8 Å². The summed E-state index contributed by atoms with van der Waals surface area (Å²) in [4.78, 5) is 14.1. The van der Waals surface area contributed by atoms with Crippen molar-refractivity contribution in [3.63, 3.8) is 0 Å². The number of carbonyl (C=O) groups excluding carboxylic acids is 1. The molecule has 0 aliphatic heterocycles. The van der Waals surface area contributed by atoms with Crippen molar-refractivity contribution in [1.29, 1.82) is 0 Å². The maximum atomic E-state index is 12.4. The van der Waals surface area contributed by atoms with Crippen molar-refractivity contribution in [1.82, 2.24) is 4.90 Å². The molecule has 0 heterocycles. The van der Waals surface area contributed by atoms with E-state index < -0.39 is 0 Å². The Morgan fingerprint density at radius 1 is 1.38 bits per heavy atom. The summed E-state index contributed by atoms with van der Waals surface area (Å²) in [6.45, 7) is 5.31. The van der Waals surface area contributed by atoms with Crippen LogP contribution in [0, 0.1) is 12.8 Å². The molecule has 1 aliphatic rings. The number of anilines is 1. The van der Waals surface area contributed by atoms with E-state index in [1.165, 1.54) is 0 Å². The van der Waals surface area contributed by atoms with Crippen LogP contribution >= 0.6 is 0 Å². The fraction of sp³-hybridized carbons (Fsp3) is 0.632. The lowest BCUT2D eigenvalue weighted by Gasteiger charge is -2.31. The number of hydrogen-bond donors (Lipinski definition) is 2. The van der Waals surface area contributed by atoms with Crippen LogP contribution in [-0.2, 0) is 0 Å². The minimum absolute atomic E-state index is 0.141. The van der Waals surface area contributed by atoms with E-state index in [9.17, 15) is 9.90 Å². The maximum absolute atomic E-state index is 12.4. The van der Waals surface area contributed by atoms with Gasteiger partial charge >= 0.3 is 6.03 Å². The molecular formula is C19H30N2O3. The SMILES string of the molecule is CCCOc1ccc(NC(=O)N(C)CC2CCCCC2O)c(C)c1. The molecule has 1 aromatic carbocycles. The summed E-state index contributed by atoms with van der Waals surface area (Å²) in [5.41, 5.74) is 1.77. The highest BCUT2D eigenvalue weighted by Crippen LogP contribution is 2.25. The van der Waals surface area contributed by atoms with Gasteiger partial charge in [0.2, 0.25) is 0 Å². The van der Waals surface area contributed by atoms with Gasteiger partial charge in [0, 0.05) is 25.2 Å². The van der Waals surface area contributed by atoms with Gasteiger partial charge in [0.25, 0.3) is 0 Å². The third-order valence-electron chi connectivity index (χ3n) is 4.64. The molecule has 1 saturated carbocycles. The fourth-order valence-electron chi connectivity index (χ4n) is 3.13. The normalized spacial score (nSPS) is 20.5. The van der Waals surface area contributed by atoms with Gasteiger partial charge in [-0.2, -0.15) is 0 Å². The van der Waals surface area contributed by atoms with Crippen molar-refractivity contribution >= 4 is 11.7 Å². The Morgan fingerprint density at radius 2 is 2.12 bits per heavy atom. The summed E-state index contributed by atoms with van der Waals surface area (Å²) in [5, 5.41) is 13.0. The number of amides is 2. The van der Waals surface area contributed by atoms with Crippen molar-refractivity contribution in [3.8, 4) is 5.75 Å². The van der Waals surface area contributed by atoms with Crippen LogP contribution in [-0.4, -0.2) is 42.3 Å². The predicted molar refractivity (Wildman–Crippen MR) is 96.6 cm³/mol. The largest absolute Gasteiger partial charge is 0.494 e. The second-order valence-electron chi connectivity index (χ2n) is 6.75. The molecule has 2 atom stereocenters. The van der Waals surface area contributed by atoms with E-state index in [2.05, 4.69) is 12.2 Å². The van der Waals surface area contributed by atoms with Crippen molar-refractivity contribution < 1.29 is 14.6 Å². The molecule has 0 saturated heterocycles. The molecule has 5 heteroatoms. The van der Waals surface area contributed by atoms with E-state index in [-0.39, 0.29) is 18.1 Å². The summed E-state index contributed by atoms with van der Waals surface area (Å²) in [7, 11) is 1.78. The van der Waals surface area contributed by atoms with Crippen LogP contribution in [0.4, 0.5) is 10.5 Å². The van der Waals surface area contributed by atoms with Gasteiger partial charge in [-0.25, -0.2) is 4.79 Å². The van der Waals surface area contributed by atoms with Crippen molar-refractivity contribution in [3.05, 3.63) is 23.8 Å². The smallest absolute Gasteiger partial charge is 0.321 e. The van der Waals surface area contributed by atoms with E-state index in [4.69, 9.17) is 4.74 Å². The Bertz CT molecular complexity index is 547. The van der Waals surface area contributed by atoms with Crippen molar-refractivity contribution in [2.24, 2.45) is 5.92 Å². The molecule has 0 aromatic heterocycles. The number of ether oxygens (including phenoxy) is 1. The average Bonchev–Trinajstić information content (AvgIpc) is 2.57. The van der Waals surface area contributed by atoms with E-state index in [1.807, 2.05) is 25.1 Å². The number of aliphatic hydroxyl groups is 1. The first kappa shape index (κ1) is 18.6. The number of aryl methyl sites for hydroxylation is 1. The summed E-state index contributed by atoms with van der Waals surface area (Å²) >= 11 is 0. The molecule has 2 amide bonds. The molecule has 1 aliphatic carbocycles. The van der Waals surface area contributed by atoms with E-state index >= 15 is 0 Å². The number of rotatable bonds is 6. The van der Waals surface area contributed by atoms with Gasteiger partial charge in [-0.05, 0) is 49.9 Å². The zero-order valence-electron chi connectivity index (χ0n) is 15.0. The summed E-state index contributed by atoms with van der Waals surface area (Å²) < 4.78 is 5.60. The van der Waals surface area contributed by atoms with Crippen LogP contribution < -0.4 is 10.1 Å². The minimum Gasteiger partial charge on any atom is -0.494 e. The minimum atomic E-state index is -0.286. The third kappa shape index (κ3) is 5.13. The molecule has 0 spiro atoms. The highest BCUT2D eigenvalue weighted by atomic mass is 16.5. The number of urea groups is 1. The van der Waals surface area contributed by atoms with Crippen LogP contribution in [0.2, 0.25) is 0 Å². The van der Waals surface area contributed by atoms with Crippen LogP contribution in [0.5, 0.6) is 5.75 Å². The van der Waals surface area contributed by atoms with E-state index in [0.717, 1.165) is 49.1 Å². The Kier molecular flexibility index (Phi) is 6.91. The monoisotopic (exact) mass is 334 g/mol. The Hall–Kier alpha value is -1.75. The predicted octanol–water partition coefficient (Wildman–Crippen LogP) is 3.80. The number of nitrogens with one attached hydrogen (secondary N) is 1. The lowest BCUT2D eigenvalue weighted by Crippen LogP contribution is -2.40. The molecule has 1 fully saturated rings. The Morgan fingerprint density at radius 3 is 2.79 bits per heavy atom. The van der Waals surface area contributed by atoms with Gasteiger partial charge in [-0.3, -0.25) is 0 Å². The number of aliphatic hydroxyl groups excluding tert-OH is 1. The Labute approximate surface area is 145 Å². The van der Waals surface area contributed by atoms with E-state index in [0.29, 0.717) is 13.2 Å². The van der Waals surface area contributed by atoms with Crippen molar-refractivity contribution in [2.45, 2.75) is 52.1 Å². The zero-order chi connectivity index (χ0) is 17.5. The Balaban J connectivity index is 1.90. The molecule has 0 radical (unpaired) electrons. The van der Waals surface area contributed by atoms with Gasteiger partial charge < -0.3 is 20.1 Å². The van der Waals surface area contributed by atoms with Crippen LogP contribution in [0.15, 0.2) is 18.2 Å². The standard InChI is InChI=1S/C19H30N2O3/c1-4-11-24-16-9-10-17(14(2)12-16)20-19(23)21(3)13-15-7-5-6-8-18(15)22/h9-10,12,15,18,22H,4-8,11,13H2,1-3H3,(H,20,23). The lowest BCUT2D eigenvalue weighted by molar-refractivity contribution is 0.0575. The third-order valence-corrected chi connectivity index (χ3v) is 4.64. The van der Waals surface area contributed by atoms with Crippen molar-refractivity contribution in [2.75, 3.05) is 25.5 Å². The van der Waals surface area contributed by atoms with Gasteiger partial charge in [0.05, 0.1) is 12.7 Å². The molecule has 2 N–H and O–H groups in total. The lowest BCUT2D eigenvalue weighted by atomic mass is 9.86. The second-order valence-corrected chi connectivity index (χ2v) is 6.75. The topological polar surface area (TPSA) is 61.8 Å². The van der Waals surface area contributed by atoms with Crippen LogP contribution in [0.1, 0.15) is 44.6 Å². The first-order chi connectivity index (χ1) is 11.5. The maximum Gasteiger partial charge on any atom is 0.321 e. The summed E-state index contributed by atoms with van der Waals surface area (Å²) in [6.07, 6.45) is 4.73. The molecule has 1 aromatic rings. The zero-order valence-corrected chi connectivity index (χ0v) is 15.0. The van der Waals surface area contributed by atoms with Gasteiger partial charge in [0.15, 0.2) is 0 Å². The molecule has 5 nitrogen and oxygen atoms in total. The number of benzene rings is 1. The molecule has 2 rings (SSSR count). The first-order valence-corrected chi connectivity index (χ1v) is 8.95. The van der Waals surface area contributed by atoms with Gasteiger partial charge in [-0.15, -0.1) is 0 Å². The van der Waals surface area contributed by atoms with E-state index in [1.54, 1.807) is 11.9 Å². The van der Waals surface area contributed by atoms with Crippen LogP contribution in [0.3, 0.4) is 0 Å².